The highest BCUT2D eigenvalue weighted by atomic mass is 35.5. The molecule has 3 aromatic rings. The number of aromatic nitrogens is 3. The molecule has 34 heavy (non-hydrogen) atoms. The van der Waals surface area contributed by atoms with Crippen molar-refractivity contribution >= 4 is 17.5 Å². The minimum absolute atomic E-state index is 0.00887. The maximum absolute atomic E-state index is 13.4. The summed E-state index contributed by atoms with van der Waals surface area (Å²) in [6.07, 6.45) is -0.0285. The fourth-order valence-corrected chi connectivity index (χ4v) is 5.33. The SMILES string of the molecule is CN1CC2(CCCN2C(=O)Cn2cnc(-c3ccc(Cl)cc3)c2-c2ccnc(C(F)(F)F)c2)C1. The van der Waals surface area contributed by atoms with Crippen LogP contribution in [0.1, 0.15) is 18.5 Å². The van der Waals surface area contributed by atoms with Crippen molar-refractivity contribution in [2.24, 2.45) is 0 Å². The van der Waals surface area contributed by atoms with Gasteiger partial charge in [-0.1, -0.05) is 23.7 Å². The number of nitrogens with zero attached hydrogens (tertiary/aromatic N) is 5. The molecule has 2 saturated heterocycles. The van der Waals surface area contributed by atoms with Crippen LogP contribution in [-0.4, -0.2) is 62.5 Å². The number of likely N-dealkylation sites (tertiary alicyclic amines) is 2. The number of hydrogen-bond acceptors (Lipinski definition) is 4. The molecule has 0 radical (unpaired) electrons. The van der Waals surface area contributed by atoms with Crippen LogP contribution in [0, 0.1) is 0 Å². The molecule has 5 rings (SSSR count). The first kappa shape index (κ1) is 22.9. The van der Waals surface area contributed by atoms with Crippen molar-refractivity contribution in [1.29, 1.82) is 0 Å². The largest absolute Gasteiger partial charge is 0.433 e. The van der Waals surface area contributed by atoms with Gasteiger partial charge in [0.1, 0.15) is 12.2 Å². The topological polar surface area (TPSA) is 54.3 Å². The van der Waals surface area contributed by atoms with E-state index in [-0.39, 0.29) is 23.6 Å². The van der Waals surface area contributed by atoms with E-state index in [0.29, 0.717) is 28.5 Å². The summed E-state index contributed by atoms with van der Waals surface area (Å²) in [5.41, 5.74) is 0.755. The van der Waals surface area contributed by atoms with Gasteiger partial charge in [-0.15, -0.1) is 0 Å². The van der Waals surface area contributed by atoms with Gasteiger partial charge in [-0.2, -0.15) is 13.2 Å². The van der Waals surface area contributed by atoms with Crippen LogP contribution < -0.4 is 0 Å². The molecule has 4 heterocycles. The second-order valence-corrected chi connectivity index (χ2v) is 9.49. The zero-order chi connectivity index (χ0) is 24.1. The van der Waals surface area contributed by atoms with Gasteiger partial charge in [0.15, 0.2) is 0 Å². The van der Waals surface area contributed by atoms with E-state index in [1.165, 1.54) is 12.4 Å². The van der Waals surface area contributed by atoms with Crippen LogP contribution >= 0.6 is 11.6 Å². The lowest BCUT2D eigenvalue weighted by atomic mass is 9.87. The Kier molecular flexibility index (Phi) is 5.64. The van der Waals surface area contributed by atoms with E-state index in [1.807, 2.05) is 11.9 Å². The van der Waals surface area contributed by atoms with Gasteiger partial charge >= 0.3 is 6.18 Å². The normalized spacial score (nSPS) is 17.9. The Hall–Kier alpha value is -2.91. The molecular formula is C24H23ClF3N5O. The number of alkyl halides is 3. The van der Waals surface area contributed by atoms with Gasteiger partial charge in [-0.05, 0) is 44.2 Å². The highest BCUT2D eigenvalue weighted by molar-refractivity contribution is 6.30. The van der Waals surface area contributed by atoms with Gasteiger partial charge in [0, 0.05) is 42.0 Å². The van der Waals surface area contributed by atoms with E-state index < -0.39 is 11.9 Å². The maximum atomic E-state index is 13.4. The molecule has 0 unspecified atom stereocenters. The molecule has 6 nitrogen and oxygen atoms in total. The molecule has 1 aromatic carbocycles. The van der Waals surface area contributed by atoms with Gasteiger partial charge in [0.2, 0.25) is 5.91 Å². The molecule has 2 fully saturated rings. The van der Waals surface area contributed by atoms with E-state index in [9.17, 15) is 18.0 Å². The summed E-state index contributed by atoms with van der Waals surface area (Å²) in [6.45, 7) is 2.36. The van der Waals surface area contributed by atoms with Gasteiger partial charge in [-0.3, -0.25) is 9.78 Å². The Morgan fingerprint density at radius 2 is 1.85 bits per heavy atom. The van der Waals surface area contributed by atoms with Crippen LogP contribution in [0.5, 0.6) is 0 Å². The maximum Gasteiger partial charge on any atom is 0.433 e. The zero-order valence-electron chi connectivity index (χ0n) is 18.5. The number of imidazole rings is 1. The predicted octanol–water partition coefficient (Wildman–Crippen LogP) is 4.59. The second-order valence-electron chi connectivity index (χ2n) is 9.05. The van der Waals surface area contributed by atoms with Crippen LogP contribution in [0.3, 0.4) is 0 Å². The Labute approximate surface area is 200 Å². The summed E-state index contributed by atoms with van der Waals surface area (Å²) >= 11 is 6.02. The molecule has 0 saturated carbocycles. The van der Waals surface area contributed by atoms with E-state index in [4.69, 9.17) is 11.6 Å². The highest BCUT2D eigenvalue weighted by Crippen LogP contribution is 2.38. The third-order valence-corrected chi connectivity index (χ3v) is 6.86. The molecule has 10 heteroatoms. The molecule has 2 aliphatic heterocycles. The summed E-state index contributed by atoms with van der Waals surface area (Å²) in [7, 11) is 2.03. The first-order valence-corrected chi connectivity index (χ1v) is 11.4. The van der Waals surface area contributed by atoms with Crippen molar-refractivity contribution < 1.29 is 18.0 Å². The highest BCUT2D eigenvalue weighted by Gasteiger charge is 2.50. The lowest BCUT2D eigenvalue weighted by Crippen LogP contribution is -2.67. The lowest BCUT2D eigenvalue weighted by molar-refractivity contribution is -0.142. The Morgan fingerprint density at radius 3 is 2.53 bits per heavy atom. The summed E-state index contributed by atoms with van der Waals surface area (Å²) in [5, 5.41) is 0.535. The molecule has 0 aliphatic carbocycles. The molecular weight excluding hydrogens is 467 g/mol. The van der Waals surface area contributed by atoms with Gasteiger partial charge in [0.25, 0.3) is 0 Å². The Morgan fingerprint density at radius 1 is 1.12 bits per heavy atom. The molecule has 0 bridgehead atoms. The van der Waals surface area contributed by atoms with Crippen LogP contribution in [0.15, 0.2) is 48.9 Å². The fraction of sp³-hybridized carbons (Fsp3) is 0.375. The Bertz CT molecular complexity index is 1220. The van der Waals surface area contributed by atoms with Crippen molar-refractivity contribution in [2.75, 3.05) is 26.7 Å². The van der Waals surface area contributed by atoms with Crippen molar-refractivity contribution in [1.82, 2.24) is 24.3 Å². The van der Waals surface area contributed by atoms with Crippen LogP contribution in [-0.2, 0) is 17.5 Å². The molecule has 1 amide bonds. The van der Waals surface area contributed by atoms with Crippen molar-refractivity contribution in [3.63, 3.8) is 0 Å². The van der Waals surface area contributed by atoms with Gasteiger partial charge in [-0.25, -0.2) is 4.98 Å². The molecule has 1 spiro atoms. The third kappa shape index (κ3) is 4.07. The summed E-state index contributed by atoms with van der Waals surface area (Å²) < 4.78 is 41.8. The number of halogens is 4. The van der Waals surface area contributed by atoms with Crippen LogP contribution in [0.4, 0.5) is 13.2 Å². The number of pyridine rings is 1. The van der Waals surface area contributed by atoms with Crippen molar-refractivity contribution in [3.8, 4) is 22.5 Å². The van der Waals surface area contributed by atoms with E-state index in [2.05, 4.69) is 14.9 Å². The quantitative estimate of drug-likeness (QED) is 0.538. The summed E-state index contributed by atoms with van der Waals surface area (Å²) in [6, 6.07) is 9.40. The first-order valence-electron chi connectivity index (χ1n) is 11.0. The number of rotatable bonds is 4. The van der Waals surface area contributed by atoms with Gasteiger partial charge in [0.05, 0.1) is 23.3 Å². The monoisotopic (exact) mass is 489 g/mol. The molecule has 2 aromatic heterocycles. The molecule has 178 valence electrons. The lowest BCUT2D eigenvalue weighted by Gasteiger charge is -2.51. The average Bonchev–Trinajstić information content (AvgIpc) is 3.38. The van der Waals surface area contributed by atoms with Crippen LogP contribution in [0.2, 0.25) is 5.02 Å². The smallest absolute Gasteiger partial charge is 0.333 e. The second kappa shape index (κ2) is 8.39. The van der Waals surface area contributed by atoms with E-state index in [1.54, 1.807) is 28.8 Å². The number of carbonyl (C=O) groups excluding carboxylic acids is 1. The van der Waals surface area contributed by atoms with Crippen molar-refractivity contribution in [2.45, 2.75) is 31.1 Å². The minimum atomic E-state index is -4.59. The van der Waals surface area contributed by atoms with Gasteiger partial charge < -0.3 is 14.4 Å². The summed E-state index contributed by atoms with van der Waals surface area (Å²) in [4.78, 5) is 25.5. The standard InChI is InChI=1S/C24H23ClF3N5O/c1-31-13-23(14-31)8-2-10-33(23)20(34)12-32-15-30-21(16-3-5-18(25)6-4-16)22(32)17-7-9-29-19(11-17)24(26,27)28/h3-7,9,11,15H,2,8,10,12-14H2,1H3. The first-order chi connectivity index (χ1) is 16.2. The molecule has 0 atom stereocenters. The number of benzene rings is 1. The van der Waals surface area contributed by atoms with E-state index in [0.717, 1.165) is 38.2 Å². The summed E-state index contributed by atoms with van der Waals surface area (Å²) in [5.74, 6) is -0.0583. The number of hydrogen-bond donors (Lipinski definition) is 0. The Balaban J connectivity index is 1.54. The number of amides is 1. The fourth-order valence-electron chi connectivity index (χ4n) is 5.20. The number of likely N-dealkylation sites (N-methyl/N-ethyl adjacent to an activating group) is 1. The van der Waals surface area contributed by atoms with Crippen molar-refractivity contribution in [3.05, 3.63) is 59.6 Å². The molecule has 0 N–H and O–H groups in total. The van der Waals surface area contributed by atoms with Crippen LogP contribution in [0.25, 0.3) is 22.5 Å². The number of carbonyl (C=O) groups is 1. The predicted molar refractivity (Wildman–Crippen MR) is 122 cm³/mol. The average molecular weight is 490 g/mol. The third-order valence-electron chi connectivity index (χ3n) is 6.61. The zero-order valence-corrected chi connectivity index (χ0v) is 19.3. The minimum Gasteiger partial charge on any atom is -0.333 e. The van der Waals surface area contributed by atoms with E-state index >= 15 is 0 Å². The molecule has 2 aliphatic rings.